The third kappa shape index (κ3) is 2.78. The van der Waals surface area contributed by atoms with Gasteiger partial charge in [0.05, 0.1) is 0 Å². The second-order valence-electron chi connectivity index (χ2n) is 4.11. The number of aromatic nitrogens is 1. The van der Waals surface area contributed by atoms with Crippen LogP contribution in [0.25, 0.3) is 11.3 Å². The summed E-state index contributed by atoms with van der Waals surface area (Å²) >= 11 is 1.57. The number of pyridine rings is 1. The van der Waals surface area contributed by atoms with Gasteiger partial charge < -0.3 is 9.15 Å². The monoisotopic (exact) mass is 285 g/mol. The Morgan fingerprint density at radius 1 is 1.20 bits per heavy atom. The number of thiophene rings is 1. The van der Waals surface area contributed by atoms with Crippen LogP contribution < -0.4 is 0 Å². The van der Waals surface area contributed by atoms with Gasteiger partial charge in [0, 0.05) is 23.5 Å². The van der Waals surface area contributed by atoms with Gasteiger partial charge in [-0.05, 0) is 41.1 Å². The Labute approximate surface area is 119 Å². The summed E-state index contributed by atoms with van der Waals surface area (Å²) in [7, 11) is 0. The molecule has 3 aromatic heterocycles. The van der Waals surface area contributed by atoms with Crippen LogP contribution in [0.3, 0.4) is 0 Å². The first-order valence-corrected chi connectivity index (χ1v) is 6.95. The molecule has 4 nitrogen and oxygen atoms in total. The Bertz CT molecular complexity index is 689. The molecule has 0 bridgehead atoms. The lowest BCUT2D eigenvalue weighted by atomic mass is 10.2. The lowest BCUT2D eigenvalue weighted by molar-refractivity contribution is 0.0437. The van der Waals surface area contributed by atoms with Gasteiger partial charge in [0.15, 0.2) is 0 Å². The van der Waals surface area contributed by atoms with Crippen molar-refractivity contribution in [2.75, 3.05) is 0 Å². The maximum atomic E-state index is 11.9. The van der Waals surface area contributed by atoms with Crippen molar-refractivity contribution in [2.24, 2.45) is 0 Å². The van der Waals surface area contributed by atoms with E-state index in [1.807, 2.05) is 29.0 Å². The van der Waals surface area contributed by atoms with Crippen molar-refractivity contribution in [1.82, 2.24) is 4.98 Å². The van der Waals surface area contributed by atoms with E-state index in [2.05, 4.69) is 4.98 Å². The first kappa shape index (κ1) is 12.6. The van der Waals surface area contributed by atoms with Crippen LogP contribution in [0.5, 0.6) is 0 Å². The van der Waals surface area contributed by atoms with E-state index in [4.69, 9.17) is 9.15 Å². The van der Waals surface area contributed by atoms with E-state index in [9.17, 15) is 4.79 Å². The summed E-state index contributed by atoms with van der Waals surface area (Å²) in [5.41, 5.74) is 1.85. The molecule has 20 heavy (non-hydrogen) atoms. The smallest absolute Gasteiger partial charge is 0.374 e. The van der Waals surface area contributed by atoms with Crippen molar-refractivity contribution in [3.05, 3.63) is 64.8 Å². The molecule has 0 N–H and O–H groups in total. The van der Waals surface area contributed by atoms with Crippen LogP contribution in [0.4, 0.5) is 0 Å². The minimum atomic E-state index is -0.462. The molecule has 0 saturated carbocycles. The average molecular weight is 285 g/mol. The molecular weight excluding hydrogens is 274 g/mol. The molecule has 100 valence electrons. The lowest BCUT2D eigenvalue weighted by Crippen LogP contribution is -2.03. The van der Waals surface area contributed by atoms with Gasteiger partial charge in [0.1, 0.15) is 12.4 Å². The summed E-state index contributed by atoms with van der Waals surface area (Å²) in [4.78, 5) is 15.8. The highest BCUT2D eigenvalue weighted by atomic mass is 32.1. The van der Waals surface area contributed by atoms with Gasteiger partial charge >= 0.3 is 5.97 Å². The van der Waals surface area contributed by atoms with Gasteiger partial charge in [-0.15, -0.1) is 0 Å². The van der Waals surface area contributed by atoms with E-state index in [1.165, 1.54) is 0 Å². The largest absolute Gasteiger partial charge is 0.455 e. The summed E-state index contributed by atoms with van der Waals surface area (Å²) in [5, 5.41) is 3.88. The SMILES string of the molecule is O=C(OCc1ccsc1)c1ccc(-c2ccncc2)o1. The van der Waals surface area contributed by atoms with Crippen molar-refractivity contribution < 1.29 is 13.9 Å². The number of hydrogen-bond acceptors (Lipinski definition) is 5. The van der Waals surface area contributed by atoms with Crippen LogP contribution in [0.15, 0.2) is 57.9 Å². The Hall–Kier alpha value is -2.40. The number of ether oxygens (including phenoxy) is 1. The zero-order valence-electron chi connectivity index (χ0n) is 10.5. The fourth-order valence-corrected chi connectivity index (χ4v) is 2.37. The third-order valence-electron chi connectivity index (χ3n) is 2.72. The van der Waals surface area contributed by atoms with Gasteiger partial charge in [-0.1, -0.05) is 0 Å². The molecule has 3 heterocycles. The number of carbonyl (C=O) groups is 1. The molecule has 0 unspecified atom stereocenters. The predicted octanol–water partition coefficient (Wildman–Crippen LogP) is 3.76. The number of nitrogens with zero attached hydrogens (tertiary/aromatic N) is 1. The van der Waals surface area contributed by atoms with Crippen LogP contribution in [0.1, 0.15) is 16.1 Å². The van der Waals surface area contributed by atoms with Crippen molar-refractivity contribution in [3.8, 4) is 11.3 Å². The molecule has 0 radical (unpaired) electrons. The van der Waals surface area contributed by atoms with Crippen molar-refractivity contribution in [2.45, 2.75) is 6.61 Å². The zero-order valence-corrected chi connectivity index (χ0v) is 11.3. The van der Waals surface area contributed by atoms with Crippen LogP contribution in [0, 0.1) is 0 Å². The number of carbonyl (C=O) groups excluding carboxylic acids is 1. The van der Waals surface area contributed by atoms with Crippen molar-refractivity contribution in [3.63, 3.8) is 0 Å². The molecule has 0 fully saturated rings. The first-order valence-electron chi connectivity index (χ1n) is 6.01. The van der Waals surface area contributed by atoms with E-state index < -0.39 is 5.97 Å². The van der Waals surface area contributed by atoms with Gasteiger partial charge in [-0.2, -0.15) is 11.3 Å². The fourth-order valence-electron chi connectivity index (χ4n) is 1.71. The molecule has 0 saturated heterocycles. The van der Waals surface area contributed by atoms with Gasteiger partial charge in [0.25, 0.3) is 0 Å². The Morgan fingerprint density at radius 2 is 2.05 bits per heavy atom. The molecule has 0 atom stereocenters. The van der Waals surface area contributed by atoms with Crippen molar-refractivity contribution in [1.29, 1.82) is 0 Å². The average Bonchev–Trinajstić information content (AvgIpc) is 3.17. The molecule has 3 rings (SSSR count). The number of furan rings is 1. The fraction of sp³-hybridized carbons (Fsp3) is 0.0667. The molecule has 0 aromatic carbocycles. The maximum absolute atomic E-state index is 11.9. The minimum absolute atomic E-state index is 0.201. The number of rotatable bonds is 4. The molecule has 0 spiro atoms. The van der Waals surface area contributed by atoms with Crippen molar-refractivity contribution >= 4 is 17.3 Å². The van der Waals surface area contributed by atoms with E-state index in [0.717, 1.165) is 11.1 Å². The second-order valence-corrected chi connectivity index (χ2v) is 4.89. The molecule has 3 aromatic rings. The second kappa shape index (κ2) is 5.71. The lowest BCUT2D eigenvalue weighted by Gasteiger charge is -2.00. The van der Waals surface area contributed by atoms with E-state index in [0.29, 0.717) is 5.76 Å². The maximum Gasteiger partial charge on any atom is 0.374 e. The van der Waals surface area contributed by atoms with Gasteiger partial charge in [0.2, 0.25) is 5.76 Å². The summed E-state index contributed by atoms with van der Waals surface area (Å²) < 4.78 is 10.7. The summed E-state index contributed by atoms with van der Waals surface area (Å²) in [6, 6.07) is 8.92. The van der Waals surface area contributed by atoms with Crippen LogP contribution >= 0.6 is 11.3 Å². The minimum Gasteiger partial charge on any atom is -0.455 e. The number of esters is 1. The third-order valence-corrected chi connectivity index (χ3v) is 3.45. The molecule has 5 heteroatoms. The quantitative estimate of drug-likeness (QED) is 0.685. The van der Waals surface area contributed by atoms with E-state index in [-0.39, 0.29) is 12.4 Å². The first-order chi connectivity index (χ1) is 9.83. The van der Waals surface area contributed by atoms with Crippen LogP contribution in [0.2, 0.25) is 0 Å². The zero-order chi connectivity index (χ0) is 13.8. The topological polar surface area (TPSA) is 52.3 Å². The molecular formula is C15H11NO3S. The van der Waals surface area contributed by atoms with Crippen LogP contribution in [-0.2, 0) is 11.3 Å². The summed E-state index contributed by atoms with van der Waals surface area (Å²) in [6.45, 7) is 0.258. The summed E-state index contributed by atoms with van der Waals surface area (Å²) in [5.74, 6) is 0.360. The molecule has 0 amide bonds. The van der Waals surface area contributed by atoms with Gasteiger partial charge in [-0.25, -0.2) is 4.79 Å². The molecule has 0 aliphatic rings. The molecule has 0 aliphatic heterocycles. The predicted molar refractivity (Wildman–Crippen MR) is 75.4 cm³/mol. The highest BCUT2D eigenvalue weighted by Gasteiger charge is 2.13. The normalized spacial score (nSPS) is 10.4. The Balaban J connectivity index is 1.69. The van der Waals surface area contributed by atoms with Crippen LogP contribution in [-0.4, -0.2) is 11.0 Å². The standard InChI is InChI=1S/C15H11NO3S/c17-15(18-9-11-5-8-20-10-11)14-2-1-13(19-14)12-3-6-16-7-4-12/h1-8,10H,9H2. The summed E-state index contributed by atoms with van der Waals surface area (Å²) in [6.07, 6.45) is 3.35. The van der Waals surface area contributed by atoms with E-state index in [1.54, 1.807) is 35.9 Å². The molecule has 0 aliphatic carbocycles. The Kier molecular flexibility index (Phi) is 3.60. The van der Waals surface area contributed by atoms with Gasteiger partial charge in [-0.3, -0.25) is 4.98 Å². The highest BCUT2D eigenvalue weighted by molar-refractivity contribution is 7.07. The highest BCUT2D eigenvalue weighted by Crippen LogP contribution is 2.22. The van der Waals surface area contributed by atoms with E-state index >= 15 is 0 Å². The Morgan fingerprint density at radius 3 is 2.80 bits per heavy atom. The number of hydrogen-bond donors (Lipinski definition) is 0.